The number of rotatable bonds is 5. The molecule has 1 saturated heterocycles. The van der Waals surface area contributed by atoms with E-state index in [1.165, 1.54) is 19.2 Å². The maximum Gasteiger partial charge on any atom is 0.339 e. The van der Waals surface area contributed by atoms with Gasteiger partial charge in [0.1, 0.15) is 0 Å². The standard InChI is InChI=1S/C16H24N2O4S.ClH/c1-16(2)9-6-10-17-14(16)11-18-23(20,21)13-8-5-4-7-12(13)15(19)22-3;/h4-5,7-8,14,17-18H,6,9-11H2,1-3H3;1H. The highest BCUT2D eigenvalue weighted by Gasteiger charge is 2.33. The van der Waals surface area contributed by atoms with Gasteiger partial charge in [-0.3, -0.25) is 0 Å². The van der Waals surface area contributed by atoms with Crippen LogP contribution in [-0.2, 0) is 14.8 Å². The fourth-order valence-electron chi connectivity index (χ4n) is 2.87. The number of benzene rings is 1. The van der Waals surface area contributed by atoms with E-state index in [0.29, 0.717) is 0 Å². The van der Waals surface area contributed by atoms with Crippen molar-refractivity contribution < 1.29 is 17.9 Å². The molecule has 1 aromatic carbocycles. The van der Waals surface area contributed by atoms with E-state index in [1.807, 2.05) is 0 Å². The van der Waals surface area contributed by atoms with E-state index in [4.69, 9.17) is 0 Å². The number of carbonyl (C=O) groups is 1. The summed E-state index contributed by atoms with van der Waals surface area (Å²) in [7, 11) is -2.56. The van der Waals surface area contributed by atoms with Crippen LogP contribution in [0, 0.1) is 5.41 Å². The monoisotopic (exact) mass is 376 g/mol. The third-order valence-corrected chi connectivity index (χ3v) is 5.87. The lowest BCUT2D eigenvalue weighted by atomic mass is 9.78. The van der Waals surface area contributed by atoms with Gasteiger partial charge in [0.25, 0.3) is 0 Å². The molecule has 0 aromatic heterocycles. The molecule has 1 fully saturated rings. The van der Waals surface area contributed by atoms with Gasteiger partial charge in [0, 0.05) is 12.6 Å². The van der Waals surface area contributed by atoms with Crippen molar-refractivity contribution in [2.24, 2.45) is 5.41 Å². The second-order valence-electron chi connectivity index (χ2n) is 6.44. The molecule has 0 saturated carbocycles. The Labute approximate surface area is 149 Å². The second-order valence-corrected chi connectivity index (χ2v) is 8.17. The van der Waals surface area contributed by atoms with E-state index in [9.17, 15) is 13.2 Å². The molecule has 1 heterocycles. The van der Waals surface area contributed by atoms with Crippen LogP contribution in [0.1, 0.15) is 37.0 Å². The van der Waals surface area contributed by atoms with Gasteiger partial charge in [-0.2, -0.15) is 0 Å². The quantitative estimate of drug-likeness (QED) is 0.767. The van der Waals surface area contributed by atoms with Crippen molar-refractivity contribution in [3.63, 3.8) is 0 Å². The fourth-order valence-corrected chi connectivity index (χ4v) is 4.11. The van der Waals surface area contributed by atoms with E-state index < -0.39 is 16.0 Å². The maximum atomic E-state index is 12.6. The molecule has 1 aliphatic heterocycles. The first-order valence-electron chi connectivity index (χ1n) is 7.68. The minimum atomic E-state index is -3.79. The number of carbonyl (C=O) groups excluding carboxylic acids is 1. The average molecular weight is 377 g/mol. The Morgan fingerprint density at radius 2 is 2.04 bits per heavy atom. The van der Waals surface area contributed by atoms with Crippen molar-refractivity contribution in [1.82, 2.24) is 10.0 Å². The molecule has 136 valence electrons. The van der Waals surface area contributed by atoms with Gasteiger partial charge in [-0.05, 0) is 36.9 Å². The van der Waals surface area contributed by atoms with Gasteiger partial charge in [0.2, 0.25) is 10.0 Å². The Hall–Kier alpha value is -1.15. The first kappa shape index (κ1) is 20.9. The molecule has 1 aliphatic rings. The lowest BCUT2D eigenvalue weighted by molar-refractivity contribution is 0.0596. The van der Waals surface area contributed by atoms with Crippen molar-refractivity contribution in [3.8, 4) is 0 Å². The summed E-state index contributed by atoms with van der Waals surface area (Å²) in [5.74, 6) is -0.665. The Morgan fingerprint density at radius 1 is 1.38 bits per heavy atom. The molecule has 0 amide bonds. The summed E-state index contributed by atoms with van der Waals surface area (Å²) in [6, 6.07) is 6.11. The molecular formula is C16H25ClN2O4S. The first-order valence-corrected chi connectivity index (χ1v) is 9.16. The largest absolute Gasteiger partial charge is 0.465 e. The molecule has 1 unspecified atom stereocenters. The highest BCUT2D eigenvalue weighted by Crippen LogP contribution is 2.30. The minimum Gasteiger partial charge on any atom is -0.465 e. The van der Waals surface area contributed by atoms with E-state index in [2.05, 4.69) is 28.6 Å². The zero-order chi connectivity index (χ0) is 17.1. The van der Waals surface area contributed by atoms with Gasteiger partial charge in [0.05, 0.1) is 17.6 Å². The molecule has 0 radical (unpaired) electrons. The number of piperidine rings is 1. The number of ether oxygens (including phenoxy) is 1. The molecule has 0 bridgehead atoms. The summed E-state index contributed by atoms with van der Waals surface area (Å²) in [5.41, 5.74) is 0.0567. The van der Waals surface area contributed by atoms with Gasteiger partial charge in [-0.1, -0.05) is 26.0 Å². The van der Waals surface area contributed by atoms with Crippen LogP contribution < -0.4 is 10.0 Å². The SMILES string of the molecule is COC(=O)c1ccccc1S(=O)(=O)NCC1NCCCC1(C)C.Cl. The van der Waals surface area contributed by atoms with Crippen LogP contribution in [0.5, 0.6) is 0 Å². The zero-order valence-electron chi connectivity index (χ0n) is 14.2. The third kappa shape index (κ3) is 4.69. The smallest absolute Gasteiger partial charge is 0.339 e. The van der Waals surface area contributed by atoms with Crippen LogP contribution in [0.3, 0.4) is 0 Å². The first-order chi connectivity index (χ1) is 10.8. The highest BCUT2D eigenvalue weighted by atomic mass is 35.5. The molecule has 1 atom stereocenters. The predicted molar refractivity (Wildman–Crippen MR) is 95.0 cm³/mol. The number of esters is 1. The molecule has 2 rings (SSSR count). The number of halogens is 1. The highest BCUT2D eigenvalue weighted by molar-refractivity contribution is 7.89. The Kier molecular flexibility index (Phi) is 7.22. The lowest BCUT2D eigenvalue weighted by Crippen LogP contribution is -2.52. The van der Waals surface area contributed by atoms with E-state index in [0.717, 1.165) is 19.4 Å². The van der Waals surface area contributed by atoms with Gasteiger partial charge in [-0.25, -0.2) is 17.9 Å². The van der Waals surface area contributed by atoms with Crippen molar-refractivity contribution in [2.45, 2.75) is 37.6 Å². The Balaban J connectivity index is 0.00000288. The number of methoxy groups -OCH3 is 1. The summed E-state index contributed by atoms with van der Waals surface area (Å²) in [6.45, 7) is 5.42. The number of nitrogens with one attached hydrogen (secondary N) is 2. The normalized spacial score (nSPS) is 20.0. The fraction of sp³-hybridized carbons (Fsp3) is 0.562. The Bertz CT molecular complexity index is 676. The van der Waals surface area contributed by atoms with Crippen molar-refractivity contribution in [1.29, 1.82) is 0 Å². The minimum absolute atomic E-state index is 0. The summed E-state index contributed by atoms with van der Waals surface area (Å²) in [4.78, 5) is 11.7. The van der Waals surface area contributed by atoms with Crippen LogP contribution >= 0.6 is 12.4 Å². The van der Waals surface area contributed by atoms with E-state index in [-0.39, 0.29) is 40.9 Å². The molecule has 8 heteroatoms. The molecule has 6 nitrogen and oxygen atoms in total. The number of sulfonamides is 1. The van der Waals surface area contributed by atoms with E-state index in [1.54, 1.807) is 12.1 Å². The summed E-state index contributed by atoms with van der Waals surface area (Å²) < 4.78 is 32.4. The van der Waals surface area contributed by atoms with E-state index >= 15 is 0 Å². The van der Waals surface area contributed by atoms with Gasteiger partial charge < -0.3 is 10.1 Å². The third-order valence-electron chi connectivity index (χ3n) is 4.39. The van der Waals surface area contributed by atoms with Gasteiger partial charge in [-0.15, -0.1) is 12.4 Å². The summed E-state index contributed by atoms with van der Waals surface area (Å²) in [5, 5.41) is 3.36. The number of hydrogen-bond acceptors (Lipinski definition) is 5. The maximum absolute atomic E-state index is 12.6. The molecule has 24 heavy (non-hydrogen) atoms. The summed E-state index contributed by atoms with van der Waals surface area (Å²) in [6.07, 6.45) is 2.13. The lowest BCUT2D eigenvalue weighted by Gasteiger charge is -2.39. The predicted octanol–water partition coefficient (Wildman–Crippen LogP) is 1.95. The average Bonchev–Trinajstić information content (AvgIpc) is 2.52. The van der Waals surface area contributed by atoms with Crippen molar-refractivity contribution >= 4 is 28.4 Å². The van der Waals surface area contributed by atoms with Crippen molar-refractivity contribution in [2.75, 3.05) is 20.2 Å². The second kappa shape index (κ2) is 8.29. The molecule has 0 aliphatic carbocycles. The van der Waals surface area contributed by atoms with Crippen LogP contribution in [0.15, 0.2) is 29.2 Å². The van der Waals surface area contributed by atoms with Crippen molar-refractivity contribution in [3.05, 3.63) is 29.8 Å². The number of hydrogen-bond donors (Lipinski definition) is 2. The van der Waals surface area contributed by atoms with Crippen LogP contribution in [0.4, 0.5) is 0 Å². The zero-order valence-corrected chi connectivity index (χ0v) is 15.8. The molecule has 2 N–H and O–H groups in total. The van der Waals surface area contributed by atoms with Crippen LogP contribution in [0.25, 0.3) is 0 Å². The van der Waals surface area contributed by atoms with Crippen LogP contribution in [0.2, 0.25) is 0 Å². The van der Waals surface area contributed by atoms with Gasteiger partial charge in [0.15, 0.2) is 0 Å². The van der Waals surface area contributed by atoms with Crippen LogP contribution in [-0.4, -0.2) is 40.6 Å². The molecular weight excluding hydrogens is 352 g/mol. The Morgan fingerprint density at radius 3 is 2.67 bits per heavy atom. The van der Waals surface area contributed by atoms with Gasteiger partial charge >= 0.3 is 5.97 Å². The summed E-state index contributed by atoms with van der Waals surface area (Å²) >= 11 is 0. The molecule has 1 aromatic rings. The topological polar surface area (TPSA) is 84.5 Å². The molecule has 0 spiro atoms.